The smallest absolute Gasteiger partial charge is 0.303 e. The second-order valence-electron chi connectivity index (χ2n) is 5.95. The molecule has 3 fully saturated rings. The molecule has 3 nitrogen and oxygen atoms in total. The second kappa shape index (κ2) is 3.19. The maximum atomic E-state index is 13.8. The third-order valence-corrected chi connectivity index (χ3v) is 5.55. The van der Waals surface area contributed by atoms with Gasteiger partial charge in [-0.3, -0.25) is 4.79 Å². The molecule has 0 radical (unpaired) electrons. The van der Waals surface area contributed by atoms with E-state index < -0.39 is 23.2 Å². The van der Waals surface area contributed by atoms with Gasteiger partial charge in [0.1, 0.15) is 0 Å². The Hall–Kier alpha value is -0.710. The lowest BCUT2D eigenvalue weighted by Gasteiger charge is -2.57. The summed E-state index contributed by atoms with van der Waals surface area (Å²) in [6.07, 6.45) is 1.08. The van der Waals surface area contributed by atoms with E-state index in [0.717, 1.165) is 6.42 Å². The van der Waals surface area contributed by atoms with Crippen molar-refractivity contribution in [2.45, 2.75) is 31.6 Å². The highest BCUT2D eigenvalue weighted by atomic mass is 19.3. The minimum atomic E-state index is -2.60. The van der Waals surface area contributed by atoms with Gasteiger partial charge in [-0.05, 0) is 42.6 Å². The number of hydrogen-bond acceptors (Lipinski definition) is 2. The molecule has 0 aliphatic heterocycles. The molecular formula is C12H17F2NO2. The van der Waals surface area contributed by atoms with Crippen LogP contribution in [0.5, 0.6) is 0 Å². The van der Waals surface area contributed by atoms with Crippen LogP contribution in [0.3, 0.4) is 0 Å². The van der Waals surface area contributed by atoms with E-state index in [1.54, 1.807) is 0 Å². The minimum Gasteiger partial charge on any atom is -0.481 e. The molecule has 0 aromatic rings. The lowest BCUT2D eigenvalue weighted by molar-refractivity contribution is -0.153. The molecule has 5 heteroatoms. The van der Waals surface area contributed by atoms with Gasteiger partial charge < -0.3 is 10.8 Å². The first-order valence-electron chi connectivity index (χ1n) is 6.22. The molecule has 5 atom stereocenters. The highest BCUT2D eigenvalue weighted by Gasteiger charge is 2.74. The monoisotopic (exact) mass is 245 g/mol. The summed E-state index contributed by atoms with van der Waals surface area (Å²) in [6.45, 7) is 0.230. The maximum Gasteiger partial charge on any atom is 0.303 e. The van der Waals surface area contributed by atoms with Crippen LogP contribution in [0, 0.1) is 29.1 Å². The van der Waals surface area contributed by atoms with Crippen molar-refractivity contribution < 1.29 is 18.7 Å². The number of carboxylic acid groups (broad SMARTS) is 1. The Morgan fingerprint density at radius 3 is 2.53 bits per heavy atom. The molecule has 0 bridgehead atoms. The van der Waals surface area contributed by atoms with Crippen molar-refractivity contribution in [3.63, 3.8) is 0 Å². The van der Waals surface area contributed by atoms with Gasteiger partial charge in [-0.25, -0.2) is 8.78 Å². The van der Waals surface area contributed by atoms with E-state index in [9.17, 15) is 13.6 Å². The van der Waals surface area contributed by atoms with Crippen LogP contribution in [0.15, 0.2) is 0 Å². The Morgan fingerprint density at radius 1 is 1.29 bits per heavy atom. The minimum absolute atomic E-state index is 0.0351. The summed E-state index contributed by atoms with van der Waals surface area (Å²) in [6, 6.07) is 0. The lowest BCUT2D eigenvalue weighted by Crippen LogP contribution is -2.58. The molecule has 0 aromatic heterocycles. The molecule has 0 heterocycles. The molecule has 0 saturated heterocycles. The van der Waals surface area contributed by atoms with Crippen molar-refractivity contribution in [3.8, 4) is 0 Å². The van der Waals surface area contributed by atoms with Crippen molar-refractivity contribution in [2.24, 2.45) is 34.8 Å². The van der Waals surface area contributed by atoms with Crippen molar-refractivity contribution in [1.29, 1.82) is 0 Å². The van der Waals surface area contributed by atoms with Crippen molar-refractivity contribution in [3.05, 3.63) is 0 Å². The quantitative estimate of drug-likeness (QED) is 0.795. The summed E-state index contributed by atoms with van der Waals surface area (Å²) in [7, 11) is 0. The van der Waals surface area contributed by atoms with Crippen LogP contribution >= 0.6 is 0 Å². The fourth-order valence-electron chi connectivity index (χ4n) is 4.99. The third-order valence-electron chi connectivity index (χ3n) is 5.55. The maximum absolute atomic E-state index is 13.8. The molecule has 3 aliphatic carbocycles. The predicted octanol–water partition coefficient (Wildman–Crippen LogP) is 1.72. The summed E-state index contributed by atoms with van der Waals surface area (Å²) in [5.74, 6) is -4.03. The molecule has 0 unspecified atom stereocenters. The molecular weight excluding hydrogens is 228 g/mol. The molecule has 3 N–H and O–H groups in total. The van der Waals surface area contributed by atoms with E-state index in [4.69, 9.17) is 10.8 Å². The number of hydrogen-bond donors (Lipinski definition) is 2. The van der Waals surface area contributed by atoms with Crippen molar-refractivity contribution in [1.82, 2.24) is 0 Å². The molecule has 3 saturated carbocycles. The highest BCUT2D eigenvalue weighted by molar-refractivity contribution is 5.68. The van der Waals surface area contributed by atoms with E-state index >= 15 is 0 Å². The summed E-state index contributed by atoms with van der Waals surface area (Å²) >= 11 is 0. The van der Waals surface area contributed by atoms with Crippen LogP contribution in [-0.4, -0.2) is 23.5 Å². The Balaban J connectivity index is 1.93. The Labute approximate surface area is 98.4 Å². The van der Waals surface area contributed by atoms with Crippen LogP contribution in [0.25, 0.3) is 0 Å². The Kier molecular flexibility index (Phi) is 2.14. The van der Waals surface area contributed by atoms with E-state index in [2.05, 4.69) is 0 Å². The lowest BCUT2D eigenvalue weighted by atomic mass is 9.47. The number of aliphatic carboxylic acids is 1. The topological polar surface area (TPSA) is 63.3 Å². The SMILES string of the molecule is NC[C@]1(CC(=O)O)[C@@H]2CC(F)(F)[C@@H]3CC[C@H]1[C@@H]32. The van der Waals surface area contributed by atoms with E-state index in [1.807, 2.05) is 0 Å². The highest BCUT2D eigenvalue weighted by Crippen LogP contribution is 2.74. The van der Waals surface area contributed by atoms with Gasteiger partial charge in [-0.2, -0.15) is 0 Å². The number of alkyl halides is 2. The van der Waals surface area contributed by atoms with E-state index in [1.165, 1.54) is 0 Å². The molecule has 0 amide bonds. The van der Waals surface area contributed by atoms with Gasteiger partial charge in [0.2, 0.25) is 0 Å². The van der Waals surface area contributed by atoms with Crippen LogP contribution in [0.2, 0.25) is 0 Å². The first-order valence-corrected chi connectivity index (χ1v) is 6.22. The zero-order chi connectivity index (χ0) is 12.4. The average Bonchev–Trinajstić information content (AvgIpc) is 2.72. The second-order valence-corrected chi connectivity index (χ2v) is 5.95. The van der Waals surface area contributed by atoms with Gasteiger partial charge in [-0.1, -0.05) is 0 Å². The standard InChI is InChI=1S/C12H17F2NO2/c13-12(14)3-8-10-6(1-2-7(10)12)11(8,5-15)4-9(16)17/h6-8,10H,1-5,15H2,(H,16,17)/t6-,7+,8+,10-,11-/m0/s1. The van der Waals surface area contributed by atoms with Gasteiger partial charge in [-0.15, -0.1) is 0 Å². The largest absolute Gasteiger partial charge is 0.481 e. The summed E-state index contributed by atoms with van der Waals surface area (Å²) in [5, 5.41) is 8.98. The molecule has 3 rings (SSSR count). The Morgan fingerprint density at radius 2 is 1.94 bits per heavy atom. The molecule has 96 valence electrons. The van der Waals surface area contributed by atoms with Crippen LogP contribution in [0.1, 0.15) is 25.7 Å². The van der Waals surface area contributed by atoms with Gasteiger partial charge in [0.25, 0.3) is 5.92 Å². The molecule has 0 aromatic carbocycles. The third kappa shape index (κ3) is 1.21. The zero-order valence-electron chi connectivity index (χ0n) is 9.53. The number of carboxylic acids is 1. The first-order chi connectivity index (χ1) is 7.92. The fourth-order valence-corrected chi connectivity index (χ4v) is 4.99. The number of halogens is 2. The van der Waals surface area contributed by atoms with E-state index in [-0.39, 0.29) is 37.1 Å². The first kappa shape index (κ1) is 11.4. The van der Waals surface area contributed by atoms with Crippen molar-refractivity contribution >= 4 is 5.97 Å². The van der Waals surface area contributed by atoms with Gasteiger partial charge in [0.05, 0.1) is 6.42 Å². The Bertz CT molecular complexity index is 374. The normalized spacial score (nSPS) is 49.8. The van der Waals surface area contributed by atoms with Crippen LogP contribution in [-0.2, 0) is 4.79 Å². The summed E-state index contributed by atoms with van der Waals surface area (Å²) < 4.78 is 27.6. The number of rotatable bonds is 3. The average molecular weight is 245 g/mol. The predicted molar refractivity (Wildman–Crippen MR) is 56.5 cm³/mol. The van der Waals surface area contributed by atoms with Gasteiger partial charge >= 0.3 is 5.97 Å². The van der Waals surface area contributed by atoms with Crippen LogP contribution < -0.4 is 5.73 Å². The summed E-state index contributed by atoms with van der Waals surface area (Å²) in [4.78, 5) is 10.9. The summed E-state index contributed by atoms with van der Waals surface area (Å²) in [5.41, 5.74) is 5.19. The van der Waals surface area contributed by atoms with Crippen LogP contribution in [0.4, 0.5) is 8.78 Å². The van der Waals surface area contributed by atoms with Gasteiger partial charge in [0, 0.05) is 12.3 Å². The number of carbonyl (C=O) groups is 1. The zero-order valence-corrected chi connectivity index (χ0v) is 9.53. The van der Waals surface area contributed by atoms with Crippen molar-refractivity contribution in [2.75, 3.05) is 6.54 Å². The van der Waals surface area contributed by atoms with Gasteiger partial charge in [0.15, 0.2) is 0 Å². The van der Waals surface area contributed by atoms with E-state index in [0.29, 0.717) is 6.42 Å². The molecule has 3 aliphatic rings. The fraction of sp³-hybridized carbons (Fsp3) is 0.917. The molecule has 17 heavy (non-hydrogen) atoms. The number of nitrogens with two attached hydrogens (primary N) is 1. The molecule has 0 spiro atoms.